The van der Waals surface area contributed by atoms with Gasteiger partial charge in [-0.25, -0.2) is 4.98 Å². The smallest absolute Gasteiger partial charge is 0.322 e. The van der Waals surface area contributed by atoms with Crippen LogP contribution < -0.4 is 10.1 Å². The van der Waals surface area contributed by atoms with Gasteiger partial charge in [0.15, 0.2) is 0 Å². The molecule has 2 aromatic rings. The summed E-state index contributed by atoms with van der Waals surface area (Å²) < 4.78 is 6.61. The second-order valence-electron chi connectivity index (χ2n) is 4.50. The van der Waals surface area contributed by atoms with E-state index in [1.165, 1.54) is 0 Å². The zero-order valence-electron chi connectivity index (χ0n) is 11.7. The minimum absolute atomic E-state index is 0.375. The summed E-state index contributed by atoms with van der Waals surface area (Å²) in [4.78, 5) is 8.64. The zero-order chi connectivity index (χ0) is 14.4. The molecule has 2 rings (SSSR count). The largest absolute Gasteiger partial charge is 0.424 e. The monoisotopic (exact) mass is 335 g/mol. The molecule has 1 aromatic carbocycles. The highest BCUT2D eigenvalue weighted by molar-refractivity contribution is 9.10. The third-order valence-corrected chi connectivity index (χ3v) is 3.30. The highest BCUT2D eigenvalue weighted by Gasteiger charge is 2.05. The van der Waals surface area contributed by atoms with Gasteiger partial charge in [0.25, 0.3) is 0 Å². The van der Waals surface area contributed by atoms with Crippen molar-refractivity contribution >= 4 is 15.9 Å². The molecular weight excluding hydrogens is 318 g/mol. The number of nitrogens with one attached hydrogen (secondary N) is 1. The Hall–Kier alpha value is -1.46. The highest BCUT2D eigenvalue weighted by atomic mass is 79.9. The number of hydrogen-bond acceptors (Lipinski definition) is 4. The first kappa shape index (κ1) is 14.9. The number of halogens is 1. The van der Waals surface area contributed by atoms with E-state index in [0.29, 0.717) is 6.01 Å². The molecule has 0 amide bonds. The molecule has 0 radical (unpaired) electrons. The lowest BCUT2D eigenvalue weighted by molar-refractivity contribution is 0.438. The fourth-order valence-electron chi connectivity index (χ4n) is 1.73. The summed E-state index contributed by atoms with van der Waals surface area (Å²) in [6.07, 6.45) is 2.93. The molecule has 0 saturated heterocycles. The molecule has 1 N–H and O–H groups in total. The molecule has 0 aliphatic rings. The van der Waals surface area contributed by atoms with Crippen molar-refractivity contribution in [2.75, 3.05) is 6.54 Å². The molecule has 0 unspecified atom stereocenters. The van der Waals surface area contributed by atoms with Crippen LogP contribution in [0.15, 0.2) is 34.9 Å². The van der Waals surface area contributed by atoms with Crippen LogP contribution in [0.25, 0.3) is 0 Å². The number of nitrogens with zero attached hydrogens (tertiary/aromatic N) is 2. The van der Waals surface area contributed by atoms with Gasteiger partial charge in [-0.2, -0.15) is 4.98 Å². The van der Waals surface area contributed by atoms with E-state index in [1.807, 2.05) is 37.4 Å². The number of rotatable bonds is 6. The van der Waals surface area contributed by atoms with Crippen LogP contribution in [0.1, 0.15) is 24.6 Å². The molecule has 0 atom stereocenters. The molecule has 0 spiro atoms. The first-order chi connectivity index (χ1) is 9.69. The first-order valence-corrected chi connectivity index (χ1v) is 7.45. The van der Waals surface area contributed by atoms with Crippen LogP contribution >= 0.6 is 15.9 Å². The summed E-state index contributed by atoms with van der Waals surface area (Å²) in [6.45, 7) is 5.90. The van der Waals surface area contributed by atoms with Crippen LogP contribution in [-0.2, 0) is 6.54 Å². The fraction of sp³-hybridized carbons (Fsp3) is 0.333. The Balaban J connectivity index is 2.05. The molecule has 0 bridgehead atoms. The Morgan fingerprint density at radius 1 is 1.35 bits per heavy atom. The molecule has 0 aliphatic heterocycles. The number of ether oxygens (including phenoxy) is 1. The molecule has 106 valence electrons. The SMILES string of the molecule is CCCNCc1cnc(Oc2cccc(Br)c2)nc1C. The van der Waals surface area contributed by atoms with Crippen molar-refractivity contribution in [3.8, 4) is 11.8 Å². The van der Waals surface area contributed by atoms with Crippen molar-refractivity contribution in [2.24, 2.45) is 0 Å². The van der Waals surface area contributed by atoms with Gasteiger partial charge < -0.3 is 10.1 Å². The Morgan fingerprint density at radius 3 is 2.90 bits per heavy atom. The molecule has 1 aromatic heterocycles. The van der Waals surface area contributed by atoms with E-state index >= 15 is 0 Å². The molecule has 0 fully saturated rings. The summed E-state index contributed by atoms with van der Waals surface area (Å²) >= 11 is 3.41. The molecule has 4 nitrogen and oxygen atoms in total. The van der Waals surface area contributed by atoms with E-state index in [0.717, 1.165) is 41.0 Å². The Bertz CT molecular complexity index is 575. The van der Waals surface area contributed by atoms with Gasteiger partial charge in [0, 0.05) is 28.5 Å². The first-order valence-electron chi connectivity index (χ1n) is 6.65. The van der Waals surface area contributed by atoms with Crippen LogP contribution in [0.5, 0.6) is 11.8 Å². The maximum Gasteiger partial charge on any atom is 0.322 e. The van der Waals surface area contributed by atoms with Crippen LogP contribution in [0.2, 0.25) is 0 Å². The van der Waals surface area contributed by atoms with Crippen molar-refractivity contribution in [1.29, 1.82) is 0 Å². The van der Waals surface area contributed by atoms with E-state index in [4.69, 9.17) is 4.74 Å². The third-order valence-electron chi connectivity index (χ3n) is 2.81. The number of hydrogen-bond donors (Lipinski definition) is 1. The van der Waals surface area contributed by atoms with E-state index in [1.54, 1.807) is 0 Å². The average Bonchev–Trinajstić information content (AvgIpc) is 2.41. The third kappa shape index (κ3) is 4.28. The van der Waals surface area contributed by atoms with Gasteiger partial charge >= 0.3 is 6.01 Å². The minimum Gasteiger partial charge on any atom is -0.424 e. The van der Waals surface area contributed by atoms with Crippen molar-refractivity contribution in [3.63, 3.8) is 0 Å². The Labute approximate surface area is 127 Å². The van der Waals surface area contributed by atoms with Gasteiger partial charge in [0.05, 0.1) is 0 Å². The van der Waals surface area contributed by atoms with Crippen molar-refractivity contribution < 1.29 is 4.74 Å². The van der Waals surface area contributed by atoms with E-state index in [-0.39, 0.29) is 0 Å². The number of aryl methyl sites for hydroxylation is 1. The lowest BCUT2D eigenvalue weighted by Gasteiger charge is -2.08. The predicted octanol–water partition coefficient (Wildman–Crippen LogP) is 3.84. The standard InChI is InChI=1S/C15H18BrN3O/c1-3-7-17-9-12-10-18-15(19-11(12)2)20-14-6-4-5-13(16)8-14/h4-6,8,10,17H,3,7,9H2,1-2H3. The second-order valence-corrected chi connectivity index (χ2v) is 5.42. The molecule has 20 heavy (non-hydrogen) atoms. The lowest BCUT2D eigenvalue weighted by atomic mass is 10.2. The van der Waals surface area contributed by atoms with Crippen molar-refractivity contribution in [1.82, 2.24) is 15.3 Å². The average molecular weight is 336 g/mol. The van der Waals surface area contributed by atoms with Crippen molar-refractivity contribution in [2.45, 2.75) is 26.8 Å². The Morgan fingerprint density at radius 2 is 2.20 bits per heavy atom. The van der Waals surface area contributed by atoms with E-state index in [9.17, 15) is 0 Å². The van der Waals surface area contributed by atoms with Crippen LogP contribution in [0.4, 0.5) is 0 Å². The number of benzene rings is 1. The fourth-order valence-corrected chi connectivity index (χ4v) is 2.11. The predicted molar refractivity (Wildman–Crippen MR) is 83.0 cm³/mol. The van der Waals surface area contributed by atoms with Crippen LogP contribution in [0.3, 0.4) is 0 Å². The summed E-state index contributed by atoms with van der Waals surface area (Å²) in [7, 11) is 0. The number of aromatic nitrogens is 2. The Kier molecular flexibility index (Phi) is 5.49. The lowest BCUT2D eigenvalue weighted by Crippen LogP contribution is -2.15. The van der Waals surface area contributed by atoms with Crippen LogP contribution in [0, 0.1) is 6.92 Å². The highest BCUT2D eigenvalue weighted by Crippen LogP contribution is 2.22. The van der Waals surface area contributed by atoms with E-state index in [2.05, 4.69) is 38.1 Å². The maximum atomic E-state index is 5.65. The zero-order valence-corrected chi connectivity index (χ0v) is 13.3. The van der Waals surface area contributed by atoms with Gasteiger partial charge in [-0.15, -0.1) is 0 Å². The van der Waals surface area contributed by atoms with Gasteiger partial charge in [-0.1, -0.05) is 28.9 Å². The van der Waals surface area contributed by atoms with Gasteiger partial charge in [-0.3, -0.25) is 0 Å². The normalized spacial score (nSPS) is 10.6. The van der Waals surface area contributed by atoms with Gasteiger partial charge in [-0.05, 0) is 38.1 Å². The summed E-state index contributed by atoms with van der Waals surface area (Å²) in [6, 6.07) is 7.99. The molecule has 0 aliphatic carbocycles. The van der Waals surface area contributed by atoms with E-state index < -0.39 is 0 Å². The van der Waals surface area contributed by atoms with Gasteiger partial charge in [0.1, 0.15) is 5.75 Å². The maximum absolute atomic E-state index is 5.65. The second kappa shape index (κ2) is 7.36. The van der Waals surface area contributed by atoms with Crippen molar-refractivity contribution in [3.05, 3.63) is 46.2 Å². The summed E-state index contributed by atoms with van der Waals surface area (Å²) in [5.74, 6) is 0.718. The van der Waals surface area contributed by atoms with Crippen LogP contribution in [-0.4, -0.2) is 16.5 Å². The molecule has 0 saturated carbocycles. The quantitative estimate of drug-likeness (QED) is 0.814. The molecule has 1 heterocycles. The summed E-state index contributed by atoms with van der Waals surface area (Å²) in [5.41, 5.74) is 2.04. The summed E-state index contributed by atoms with van der Waals surface area (Å²) in [5, 5.41) is 3.34. The molecule has 5 heteroatoms. The van der Waals surface area contributed by atoms with Gasteiger partial charge in [0.2, 0.25) is 0 Å². The molecular formula is C15H18BrN3O. The minimum atomic E-state index is 0.375. The topological polar surface area (TPSA) is 47.0 Å².